The van der Waals surface area contributed by atoms with E-state index >= 15 is 0 Å². The highest BCUT2D eigenvalue weighted by Gasteiger charge is 2.30. The van der Waals surface area contributed by atoms with E-state index in [2.05, 4.69) is 5.32 Å². The number of carbonyl (C=O) groups is 1. The lowest BCUT2D eigenvalue weighted by atomic mass is 10.1. The van der Waals surface area contributed by atoms with Gasteiger partial charge in [-0.2, -0.15) is 4.31 Å². The molecular weight excluding hydrogens is 448 g/mol. The average molecular weight is 481 g/mol. The van der Waals surface area contributed by atoms with Gasteiger partial charge in [-0.1, -0.05) is 39.3 Å². The second kappa shape index (κ2) is 10.7. The summed E-state index contributed by atoms with van der Waals surface area (Å²) in [4.78, 5) is 13.0. The molecule has 0 unspecified atom stereocenters. The first-order valence-electron chi connectivity index (χ1n) is 10.7. The zero-order valence-electron chi connectivity index (χ0n) is 19.6. The number of sulfonamides is 1. The highest BCUT2D eigenvalue weighted by atomic mass is 35.5. The van der Waals surface area contributed by atoms with Crippen molar-refractivity contribution >= 4 is 33.2 Å². The van der Waals surface area contributed by atoms with Crippen LogP contribution in [0.3, 0.4) is 0 Å². The molecule has 0 aliphatic carbocycles. The zero-order chi connectivity index (χ0) is 24.1. The van der Waals surface area contributed by atoms with Gasteiger partial charge in [0.25, 0.3) is 5.91 Å². The first-order chi connectivity index (χ1) is 14.8. The zero-order valence-corrected chi connectivity index (χ0v) is 21.1. The maximum atomic E-state index is 13.1. The number of benzene rings is 2. The van der Waals surface area contributed by atoms with Gasteiger partial charge in [-0.3, -0.25) is 4.79 Å². The molecule has 0 saturated heterocycles. The number of hydrogen-bond donors (Lipinski definition) is 1. The Labute approximate surface area is 197 Å². The fourth-order valence-electron chi connectivity index (χ4n) is 3.07. The Balaban J connectivity index is 2.13. The summed E-state index contributed by atoms with van der Waals surface area (Å²) in [6, 6.07) is 13.0. The van der Waals surface area contributed by atoms with E-state index in [1.165, 1.54) is 16.4 Å². The summed E-state index contributed by atoms with van der Waals surface area (Å²) in [5.41, 5.74) is -0.662. The summed E-state index contributed by atoms with van der Waals surface area (Å²) in [6.07, 6.45) is 0. The van der Waals surface area contributed by atoms with Gasteiger partial charge in [-0.25, -0.2) is 8.42 Å². The lowest BCUT2D eigenvalue weighted by Crippen LogP contribution is -2.42. The molecule has 2 aromatic carbocycles. The van der Waals surface area contributed by atoms with Crippen molar-refractivity contribution in [2.75, 3.05) is 18.4 Å². The van der Waals surface area contributed by atoms with Crippen LogP contribution in [0.4, 0.5) is 5.69 Å². The Bertz CT molecular complexity index is 991. The Morgan fingerprint density at radius 3 is 1.94 bits per heavy atom. The lowest BCUT2D eigenvalue weighted by molar-refractivity contribution is -0.128. The number of anilines is 1. The van der Waals surface area contributed by atoms with Crippen LogP contribution in [0.5, 0.6) is 5.75 Å². The number of nitrogens with one attached hydrogen (secondary N) is 1. The largest absolute Gasteiger partial charge is 0.478 e. The SMILES string of the molecule is CC(C)CN(CC(C)C)S(=O)(=O)c1ccc(NC(=O)C(C)(C)Oc2ccc(Cl)cc2)cc1. The molecule has 0 spiro atoms. The number of halogens is 1. The van der Waals surface area contributed by atoms with E-state index in [0.717, 1.165) is 0 Å². The second-order valence-electron chi connectivity index (χ2n) is 9.15. The fraction of sp³-hybridized carbons (Fsp3) is 0.458. The molecule has 8 heteroatoms. The summed E-state index contributed by atoms with van der Waals surface area (Å²) in [5, 5.41) is 3.37. The van der Waals surface area contributed by atoms with E-state index < -0.39 is 15.6 Å². The van der Waals surface area contributed by atoms with Gasteiger partial charge < -0.3 is 10.1 Å². The first-order valence-corrected chi connectivity index (χ1v) is 12.5. The monoisotopic (exact) mass is 480 g/mol. The van der Waals surface area contributed by atoms with Gasteiger partial charge in [0.15, 0.2) is 5.60 Å². The van der Waals surface area contributed by atoms with E-state index in [0.29, 0.717) is 29.5 Å². The molecule has 0 fully saturated rings. The van der Waals surface area contributed by atoms with Crippen molar-refractivity contribution < 1.29 is 17.9 Å². The van der Waals surface area contributed by atoms with Gasteiger partial charge in [-0.05, 0) is 74.2 Å². The highest BCUT2D eigenvalue weighted by Crippen LogP contribution is 2.24. The standard InChI is InChI=1S/C24H33ClN2O4S/c1-17(2)15-27(16-18(3)4)32(29,30)22-13-9-20(10-14-22)26-23(28)24(5,6)31-21-11-7-19(25)8-12-21/h7-14,17-18H,15-16H2,1-6H3,(H,26,28). The van der Waals surface area contributed by atoms with Crippen LogP contribution in [0.1, 0.15) is 41.5 Å². The molecule has 0 saturated carbocycles. The first kappa shape index (κ1) is 26.2. The number of hydrogen-bond acceptors (Lipinski definition) is 4. The maximum absolute atomic E-state index is 13.1. The van der Waals surface area contributed by atoms with Crippen LogP contribution in [0.2, 0.25) is 5.02 Å². The molecule has 2 rings (SSSR count). The molecule has 0 atom stereocenters. The molecule has 0 heterocycles. The quantitative estimate of drug-likeness (QED) is 0.491. The molecule has 0 bridgehead atoms. The number of amides is 1. The summed E-state index contributed by atoms with van der Waals surface area (Å²) < 4.78 is 33.6. The van der Waals surface area contributed by atoms with Gasteiger partial charge >= 0.3 is 0 Å². The van der Waals surface area contributed by atoms with Gasteiger partial charge in [0, 0.05) is 23.8 Å². The van der Waals surface area contributed by atoms with Crippen LogP contribution in [0.15, 0.2) is 53.4 Å². The van der Waals surface area contributed by atoms with Crippen molar-refractivity contribution in [3.05, 3.63) is 53.6 Å². The average Bonchev–Trinajstić information content (AvgIpc) is 2.69. The molecule has 1 amide bonds. The highest BCUT2D eigenvalue weighted by molar-refractivity contribution is 7.89. The van der Waals surface area contributed by atoms with E-state index in [4.69, 9.17) is 16.3 Å². The van der Waals surface area contributed by atoms with Crippen molar-refractivity contribution in [3.8, 4) is 5.75 Å². The van der Waals surface area contributed by atoms with Crippen molar-refractivity contribution in [1.29, 1.82) is 0 Å². The molecule has 176 valence electrons. The van der Waals surface area contributed by atoms with Gasteiger partial charge in [-0.15, -0.1) is 0 Å². The third kappa shape index (κ3) is 7.22. The molecule has 6 nitrogen and oxygen atoms in total. The molecular formula is C24H33ClN2O4S. The lowest BCUT2D eigenvalue weighted by Gasteiger charge is -2.26. The Kier molecular flexibility index (Phi) is 8.74. The van der Waals surface area contributed by atoms with E-state index in [1.54, 1.807) is 50.2 Å². The molecule has 0 aromatic heterocycles. The van der Waals surface area contributed by atoms with Crippen LogP contribution in [0, 0.1) is 11.8 Å². The van der Waals surface area contributed by atoms with E-state index in [9.17, 15) is 13.2 Å². The Morgan fingerprint density at radius 2 is 1.47 bits per heavy atom. The molecule has 0 radical (unpaired) electrons. The van der Waals surface area contributed by atoms with Crippen molar-refractivity contribution in [3.63, 3.8) is 0 Å². The van der Waals surface area contributed by atoms with Gasteiger partial charge in [0.05, 0.1) is 4.90 Å². The van der Waals surface area contributed by atoms with Crippen LogP contribution in [0.25, 0.3) is 0 Å². The van der Waals surface area contributed by atoms with Crippen molar-refractivity contribution in [2.24, 2.45) is 11.8 Å². The van der Waals surface area contributed by atoms with Crippen LogP contribution >= 0.6 is 11.6 Å². The Hall–Kier alpha value is -2.09. The summed E-state index contributed by atoms with van der Waals surface area (Å²) in [5.74, 6) is 0.589. The summed E-state index contributed by atoms with van der Waals surface area (Å²) in [6.45, 7) is 12.2. The topological polar surface area (TPSA) is 75.7 Å². The number of nitrogens with zero attached hydrogens (tertiary/aromatic N) is 1. The normalized spacial score (nSPS) is 12.4. The predicted octanol–water partition coefficient (Wildman–Crippen LogP) is 5.44. The fourth-order valence-corrected chi connectivity index (χ4v) is 4.96. The van der Waals surface area contributed by atoms with E-state index in [1.807, 2.05) is 27.7 Å². The number of rotatable bonds is 10. The van der Waals surface area contributed by atoms with Crippen molar-refractivity contribution in [2.45, 2.75) is 52.0 Å². The van der Waals surface area contributed by atoms with Crippen LogP contribution < -0.4 is 10.1 Å². The third-order valence-corrected chi connectivity index (χ3v) is 6.72. The minimum absolute atomic E-state index is 0.202. The Morgan fingerprint density at radius 1 is 0.969 bits per heavy atom. The molecule has 32 heavy (non-hydrogen) atoms. The minimum Gasteiger partial charge on any atom is -0.478 e. The maximum Gasteiger partial charge on any atom is 0.267 e. The molecule has 1 N–H and O–H groups in total. The molecule has 0 aliphatic rings. The van der Waals surface area contributed by atoms with Gasteiger partial charge in [0.1, 0.15) is 5.75 Å². The number of ether oxygens (including phenoxy) is 1. The molecule has 2 aromatic rings. The van der Waals surface area contributed by atoms with Crippen LogP contribution in [-0.4, -0.2) is 37.3 Å². The van der Waals surface area contributed by atoms with Crippen molar-refractivity contribution in [1.82, 2.24) is 4.31 Å². The predicted molar refractivity (Wildman–Crippen MR) is 130 cm³/mol. The van der Waals surface area contributed by atoms with Crippen LogP contribution in [-0.2, 0) is 14.8 Å². The third-order valence-electron chi connectivity index (χ3n) is 4.62. The molecule has 0 aliphatic heterocycles. The summed E-state index contributed by atoms with van der Waals surface area (Å²) in [7, 11) is -3.62. The minimum atomic E-state index is -3.62. The van der Waals surface area contributed by atoms with E-state index in [-0.39, 0.29) is 22.6 Å². The summed E-state index contributed by atoms with van der Waals surface area (Å²) >= 11 is 5.89. The smallest absolute Gasteiger partial charge is 0.267 e. The second-order valence-corrected chi connectivity index (χ2v) is 11.5. The number of carbonyl (C=O) groups excluding carboxylic acids is 1. The van der Waals surface area contributed by atoms with Gasteiger partial charge in [0.2, 0.25) is 10.0 Å².